The maximum absolute atomic E-state index is 12.0. The summed E-state index contributed by atoms with van der Waals surface area (Å²) >= 11 is 0. The number of amides is 3. The highest BCUT2D eigenvalue weighted by molar-refractivity contribution is 5.96. The number of ether oxygens (including phenoxy) is 1. The first-order valence-corrected chi connectivity index (χ1v) is 8.94. The van der Waals surface area contributed by atoms with Crippen molar-refractivity contribution in [2.24, 2.45) is 0 Å². The Balaban J connectivity index is 1.76. The average molecular weight is 397 g/mol. The number of hydrogen-bond donors (Lipinski definition) is 3. The summed E-state index contributed by atoms with van der Waals surface area (Å²) in [6.07, 6.45) is 0. The van der Waals surface area contributed by atoms with Crippen LogP contribution < -0.4 is 16.0 Å². The van der Waals surface area contributed by atoms with E-state index in [9.17, 15) is 19.2 Å². The molecule has 0 aliphatic rings. The Morgan fingerprint density at radius 1 is 0.897 bits per heavy atom. The highest BCUT2D eigenvalue weighted by atomic mass is 16.5. The van der Waals surface area contributed by atoms with E-state index in [0.29, 0.717) is 11.4 Å². The molecule has 152 valence electrons. The second-order valence-electron chi connectivity index (χ2n) is 6.41. The minimum Gasteiger partial charge on any atom is -0.452 e. The maximum atomic E-state index is 12.0. The third-order valence-corrected chi connectivity index (χ3v) is 4.10. The number of esters is 1. The molecule has 2 aromatic carbocycles. The fraction of sp³-hybridized carbons (Fsp3) is 0.238. The number of hydrogen-bond acceptors (Lipinski definition) is 5. The third-order valence-electron chi connectivity index (χ3n) is 4.10. The van der Waals surface area contributed by atoms with Crippen LogP contribution in [-0.2, 0) is 19.1 Å². The fourth-order valence-corrected chi connectivity index (χ4v) is 2.42. The van der Waals surface area contributed by atoms with Crippen LogP contribution in [0, 0.1) is 13.8 Å². The van der Waals surface area contributed by atoms with Crippen LogP contribution in [0.1, 0.15) is 28.4 Å². The van der Waals surface area contributed by atoms with E-state index in [4.69, 9.17) is 4.74 Å². The summed E-state index contributed by atoms with van der Waals surface area (Å²) in [5.41, 5.74) is 3.45. The summed E-state index contributed by atoms with van der Waals surface area (Å²) in [7, 11) is 0. The molecule has 0 saturated carbocycles. The van der Waals surface area contributed by atoms with Crippen molar-refractivity contribution in [3.05, 3.63) is 59.2 Å². The minimum atomic E-state index is -0.686. The Hall–Kier alpha value is -3.68. The molecule has 3 N–H and O–H groups in total. The van der Waals surface area contributed by atoms with Crippen molar-refractivity contribution < 1.29 is 23.9 Å². The Bertz CT molecular complexity index is 922. The van der Waals surface area contributed by atoms with Crippen molar-refractivity contribution in [1.82, 2.24) is 5.32 Å². The monoisotopic (exact) mass is 397 g/mol. The van der Waals surface area contributed by atoms with Crippen LogP contribution in [0.3, 0.4) is 0 Å². The average Bonchev–Trinajstić information content (AvgIpc) is 2.68. The lowest BCUT2D eigenvalue weighted by Crippen LogP contribution is -2.35. The van der Waals surface area contributed by atoms with Crippen molar-refractivity contribution in [2.45, 2.75) is 20.8 Å². The molecule has 0 heterocycles. The maximum Gasteiger partial charge on any atom is 0.338 e. The minimum absolute atomic E-state index is 0.224. The van der Waals surface area contributed by atoms with Gasteiger partial charge in [-0.3, -0.25) is 14.4 Å². The van der Waals surface area contributed by atoms with Gasteiger partial charge in [-0.1, -0.05) is 12.1 Å². The van der Waals surface area contributed by atoms with Gasteiger partial charge in [0.2, 0.25) is 11.8 Å². The van der Waals surface area contributed by atoms with E-state index in [1.807, 2.05) is 26.0 Å². The molecule has 29 heavy (non-hydrogen) atoms. The predicted molar refractivity (Wildman–Crippen MR) is 109 cm³/mol. The summed E-state index contributed by atoms with van der Waals surface area (Å²) in [6.45, 7) is 4.46. The van der Waals surface area contributed by atoms with Crippen molar-refractivity contribution in [1.29, 1.82) is 0 Å². The first-order chi connectivity index (χ1) is 13.8. The summed E-state index contributed by atoms with van der Waals surface area (Å²) in [6, 6.07) is 11.6. The molecule has 0 bridgehead atoms. The Kier molecular flexibility index (Phi) is 7.47. The number of aryl methyl sites for hydroxylation is 1. The molecular weight excluding hydrogens is 374 g/mol. The van der Waals surface area contributed by atoms with Crippen LogP contribution >= 0.6 is 0 Å². The summed E-state index contributed by atoms with van der Waals surface area (Å²) < 4.78 is 4.93. The van der Waals surface area contributed by atoms with E-state index < -0.39 is 18.5 Å². The van der Waals surface area contributed by atoms with Crippen molar-refractivity contribution in [3.8, 4) is 0 Å². The molecule has 0 unspecified atom stereocenters. The number of anilines is 2. The molecule has 0 aliphatic carbocycles. The van der Waals surface area contributed by atoms with Gasteiger partial charge in [-0.25, -0.2) is 4.79 Å². The quantitative estimate of drug-likeness (QED) is 0.620. The van der Waals surface area contributed by atoms with Gasteiger partial charge < -0.3 is 20.7 Å². The van der Waals surface area contributed by atoms with E-state index in [2.05, 4.69) is 16.0 Å². The number of rotatable bonds is 7. The van der Waals surface area contributed by atoms with Gasteiger partial charge in [-0.2, -0.15) is 0 Å². The number of carbonyl (C=O) groups excluding carboxylic acids is 4. The highest BCUT2D eigenvalue weighted by Gasteiger charge is 2.12. The molecule has 8 heteroatoms. The van der Waals surface area contributed by atoms with Crippen LogP contribution in [0.4, 0.5) is 11.4 Å². The van der Waals surface area contributed by atoms with Gasteiger partial charge in [0.25, 0.3) is 5.91 Å². The second-order valence-corrected chi connectivity index (χ2v) is 6.41. The molecule has 3 amide bonds. The van der Waals surface area contributed by atoms with Gasteiger partial charge in [0.15, 0.2) is 6.61 Å². The molecule has 0 aromatic heterocycles. The zero-order chi connectivity index (χ0) is 21.4. The van der Waals surface area contributed by atoms with Crippen molar-refractivity contribution in [2.75, 3.05) is 23.8 Å². The first-order valence-electron chi connectivity index (χ1n) is 8.94. The van der Waals surface area contributed by atoms with Gasteiger partial charge in [-0.05, 0) is 55.3 Å². The largest absolute Gasteiger partial charge is 0.452 e. The fourth-order valence-electron chi connectivity index (χ4n) is 2.42. The summed E-state index contributed by atoms with van der Waals surface area (Å²) in [4.78, 5) is 46.7. The van der Waals surface area contributed by atoms with Gasteiger partial charge in [0.05, 0.1) is 12.1 Å². The zero-order valence-corrected chi connectivity index (χ0v) is 16.5. The summed E-state index contributed by atoms with van der Waals surface area (Å²) in [5, 5.41) is 7.70. The normalized spacial score (nSPS) is 10.0. The lowest BCUT2D eigenvalue weighted by molar-refractivity contribution is -0.126. The van der Waals surface area contributed by atoms with Crippen molar-refractivity contribution >= 4 is 35.1 Å². The molecule has 2 aromatic rings. The van der Waals surface area contributed by atoms with Gasteiger partial charge >= 0.3 is 5.97 Å². The molecule has 0 fully saturated rings. The molecule has 0 radical (unpaired) electrons. The third kappa shape index (κ3) is 6.76. The standard InChI is InChI=1S/C21H23N3O5/c1-13-5-4-6-18(14(13)2)24-19(26)11-22-20(27)12-29-21(28)16-7-9-17(10-8-16)23-15(3)25/h4-10H,11-12H2,1-3H3,(H,22,27)(H,23,25)(H,24,26). The van der Waals surface area contributed by atoms with E-state index in [-0.39, 0.29) is 23.9 Å². The lowest BCUT2D eigenvalue weighted by atomic mass is 10.1. The number of nitrogens with one attached hydrogen (secondary N) is 3. The van der Waals surface area contributed by atoms with Gasteiger partial charge in [0, 0.05) is 18.3 Å². The molecule has 8 nitrogen and oxygen atoms in total. The molecule has 2 rings (SSSR count). The van der Waals surface area contributed by atoms with Gasteiger partial charge in [-0.15, -0.1) is 0 Å². The van der Waals surface area contributed by atoms with Crippen LogP contribution in [0.25, 0.3) is 0 Å². The van der Waals surface area contributed by atoms with Crippen LogP contribution in [-0.4, -0.2) is 36.8 Å². The Labute approximate surface area is 168 Å². The van der Waals surface area contributed by atoms with E-state index in [1.54, 1.807) is 18.2 Å². The summed E-state index contributed by atoms with van der Waals surface area (Å²) in [5.74, 6) is -1.88. The molecule has 0 aliphatic heterocycles. The van der Waals surface area contributed by atoms with E-state index in [0.717, 1.165) is 11.1 Å². The van der Waals surface area contributed by atoms with E-state index in [1.165, 1.54) is 19.1 Å². The van der Waals surface area contributed by atoms with E-state index >= 15 is 0 Å². The Morgan fingerprint density at radius 3 is 2.24 bits per heavy atom. The van der Waals surface area contributed by atoms with Crippen LogP contribution in [0.5, 0.6) is 0 Å². The highest BCUT2D eigenvalue weighted by Crippen LogP contribution is 2.17. The first kappa shape index (κ1) is 21.6. The lowest BCUT2D eigenvalue weighted by Gasteiger charge is -2.11. The molecule has 0 atom stereocenters. The topological polar surface area (TPSA) is 114 Å². The van der Waals surface area contributed by atoms with Crippen LogP contribution in [0.2, 0.25) is 0 Å². The van der Waals surface area contributed by atoms with Gasteiger partial charge in [0.1, 0.15) is 0 Å². The van der Waals surface area contributed by atoms with Crippen LogP contribution in [0.15, 0.2) is 42.5 Å². The van der Waals surface area contributed by atoms with Crippen molar-refractivity contribution in [3.63, 3.8) is 0 Å². The smallest absolute Gasteiger partial charge is 0.338 e. The number of benzene rings is 2. The number of carbonyl (C=O) groups is 4. The molecule has 0 spiro atoms. The SMILES string of the molecule is CC(=O)Nc1ccc(C(=O)OCC(=O)NCC(=O)Nc2cccc(C)c2C)cc1. The molecule has 0 saturated heterocycles. The predicted octanol–water partition coefficient (Wildman–Crippen LogP) is 2.17. The second kappa shape index (κ2) is 10.0. The molecular formula is C21H23N3O5. The zero-order valence-electron chi connectivity index (χ0n) is 16.5. The Morgan fingerprint density at radius 2 is 1.59 bits per heavy atom.